The number of esters is 1. The summed E-state index contributed by atoms with van der Waals surface area (Å²) in [5.74, 6) is 0.460. The minimum absolute atomic E-state index is 0.123. The first-order valence-corrected chi connectivity index (χ1v) is 3.63. The lowest BCUT2D eigenvalue weighted by Gasteiger charge is -2.03. The van der Waals surface area contributed by atoms with Crippen LogP contribution in [0.1, 0.15) is 0 Å². The Hall–Kier alpha value is -1.78. The maximum absolute atomic E-state index is 10.7. The Kier molecular flexibility index (Phi) is 3.08. The molecule has 0 radical (unpaired) electrons. The zero-order chi connectivity index (χ0) is 9.68. The molecule has 0 saturated heterocycles. The fourth-order valence-electron chi connectivity index (χ4n) is 0.678. The first kappa shape index (κ1) is 9.31. The van der Waals surface area contributed by atoms with Gasteiger partial charge >= 0.3 is 5.97 Å². The number of carbonyl (C=O) groups excluding carboxylic acids is 1. The van der Waals surface area contributed by atoms with E-state index >= 15 is 0 Å². The van der Waals surface area contributed by atoms with Gasteiger partial charge in [-0.3, -0.25) is 0 Å². The summed E-state index contributed by atoms with van der Waals surface area (Å²) in [6, 6.07) is 3.22. The standard InChI is InChI=1S/C8H10N2O3/c1-12-8(11)5-13-6-2-3-7(9)10-4-6/h2-4H,5H2,1H3,(H2,9,10). The van der Waals surface area contributed by atoms with E-state index in [2.05, 4.69) is 9.72 Å². The van der Waals surface area contributed by atoms with Gasteiger partial charge in [-0.15, -0.1) is 0 Å². The second kappa shape index (κ2) is 4.30. The van der Waals surface area contributed by atoms with Crippen molar-refractivity contribution >= 4 is 11.8 Å². The molecule has 0 aliphatic heterocycles. The third-order valence-electron chi connectivity index (χ3n) is 1.34. The monoisotopic (exact) mass is 182 g/mol. The van der Waals surface area contributed by atoms with E-state index in [0.717, 1.165) is 0 Å². The zero-order valence-electron chi connectivity index (χ0n) is 7.19. The molecule has 0 amide bonds. The number of nitrogen functional groups attached to an aromatic ring is 1. The van der Waals surface area contributed by atoms with Crippen LogP contribution in [0.4, 0.5) is 5.82 Å². The Balaban J connectivity index is 2.46. The Morgan fingerprint density at radius 2 is 2.38 bits per heavy atom. The predicted octanol–water partition coefficient (Wildman–Crippen LogP) is 0.216. The molecular weight excluding hydrogens is 172 g/mol. The molecule has 0 bridgehead atoms. The van der Waals surface area contributed by atoms with E-state index in [1.807, 2.05) is 0 Å². The van der Waals surface area contributed by atoms with Gasteiger partial charge < -0.3 is 15.2 Å². The number of hydrogen-bond acceptors (Lipinski definition) is 5. The van der Waals surface area contributed by atoms with Crippen LogP contribution in [-0.4, -0.2) is 24.7 Å². The largest absolute Gasteiger partial charge is 0.480 e. The van der Waals surface area contributed by atoms with Crippen molar-refractivity contribution in [3.05, 3.63) is 18.3 Å². The number of rotatable bonds is 3. The van der Waals surface area contributed by atoms with Crippen LogP contribution >= 0.6 is 0 Å². The van der Waals surface area contributed by atoms with E-state index in [0.29, 0.717) is 11.6 Å². The molecule has 0 aliphatic carbocycles. The SMILES string of the molecule is COC(=O)COc1ccc(N)nc1. The molecule has 5 heteroatoms. The molecule has 70 valence electrons. The fraction of sp³-hybridized carbons (Fsp3) is 0.250. The number of hydrogen-bond donors (Lipinski definition) is 1. The summed E-state index contributed by atoms with van der Waals surface area (Å²) in [5.41, 5.74) is 5.35. The molecular formula is C8H10N2O3. The first-order valence-electron chi connectivity index (χ1n) is 3.63. The summed E-state index contributed by atoms with van der Waals surface area (Å²) >= 11 is 0. The van der Waals surface area contributed by atoms with E-state index in [1.165, 1.54) is 13.3 Å². The van der Waals surface area contributed by atoms with Crippen molar-refractivity contribution in [2.45, 2.75) is 0 Å². The maximum atomic E-state index is 10.7. The number of nitrogens with zero attached hydrogens (tertiary/aromatic N) is 1. The Morgan fingerprint density at radius 3 is 2.92 bits per heavy atom. The summed E-state index contributed by atoms with van der Waals surface area (Å²) in [5, 5.41) is 0. The van der Waals surface area contributed by atoms with Gasteiger partial charge in [0.05, 0.1) is 13.3 Å². The van der Waals surface area contributed by atoms with E-state index in [4.69, 9.17) is 10.5 Å². The highest BCUT2D eigenvalue weighted by atomic mass is 16.6. The third kappa shape index (κ3) is 2.98. The number of ether oxygens (including phenoxy) is 2. The second-order valence-electron chi connectivity index (χ2n) is 2.28. The highest BCUT2D eigenvalue weighted by molar-refractivity contribution is 5.70. The van der Waals surface area contributed by atoms with Gasteiger partial charge in [0.2, 0.25) is 0 Å². The van der Waals surface area contributed by atoms with Crippen LogP contribution < -0.4 is 10.5 Å². The molecule has 1 heterocycles. The molecule has 1 aromatic heterocycles. The van der Waals surface area contributed by atoms with Gasteiger partial charge in [-0.1, -0.05) is 0 Å². The lowest BCUT2D eigenvalue weighted by molar-refractivity contribution is -0.142. The number of methoxy groups -OCH3 is 1. The number of aromatic nitrogens is 1. The quantitative estimate of drug-likeness (QED) is 0.676. The molecule has 0 unspecified atom stereocenters. The molecule has 0 atom stereocenters. The average molecular weight is 182 g/mol. The van der Waals surface area contributed by atoms with Crippen LogP contribution in [0.3, 0.4) is 0 Å². The summed E-state index contributed by atoms with van der Waals surface area (Å²) in [4.78, 5) is 14.4. The molecule has 13 heavy (non-hydrogen) atoms. The summed E-state index contributed by atoms with van der Waals surface area (Å²) in [6.07, 6.45) is 1.44. The van der Waals surface area contributed by atoms with Gasteiger partial charge in [-0.25, -0.2) is 9.78 Å². The molecule has 5 nitrogen and oxygen atoms in total. The van der Waals surface area contributed by atoms with E-state index in [1.54, 1.807) is 12.1 Å². The van der Waals surface area contributed by atoms with Crippen LogP contribution in [0.15, 0.2) is 18.3 Å². The zero-order valence-corrected chi connectivity index (χ0v) is 7.19. The lowest BCUT2D eigenvalue weighted by atomic mass is 10.4. The minimum atomic E-state index is -0.433. The molecule has 0 spiro atoms. The molecule has 1 aromatic rings. The van der Waals surface area contributed by atoms with Crippen LogP contribution in [0.25, 0.3) is 0 Å². The van der Waals surface area contributed by atoms with Crippen molar-refractivity contribution in [1.82, 2.24) is 4.98 Å². The van der Waals surface area contributed by atoms with Gasteiger partial charge in [0, 0.05) is 0 Å². The van der Waals surface area contributed by atoms with Crippen molar-refractivity contribution in [2.24, 2.45) is 0 Å². The Labute approximate surface area is 75.5 Å². The number of nitrogens with two attached hydrogens (primary N) is 1. The van der Waals surface area contributed by atoms with Crippen LogP contribution in [0.5, 0.6) is 5.75 Å². The Morgan fingerprint density at radius 1 is 1.62 bits per heavy atom. The normalized spacial score (nSPS) is 9.31. The molecule has 2 N–H and O–H groups in total. The third-order valence-corrected chi connectivity index (χ3v) is 1.34. The predicted molar refractivity (Wildman–Crippen MR) is 46.2 cm³/mol. The van der Waals surface area contributed by atoms with Gasteiger partial charge in [-0.05, 0) is 12.1 Å². The number of pyridine rings is 1. The van der Waals surface area contributed by atoms with Gasteiger partial charge in [0.25, 0.3) is 0 Å². The van der Waals surface area contributed by atoms with Crippen molar-refractivity contribution in [3.63, 3.8) is 0 Å². The topological polar surface area (TPSA) is 74.4 Å². The second-order valence-corrected chi connectivity index (χ2v) is 2.28. The van der Waals surface area contributed by atoms with Crippen molar-refractivity contribution in [2.75, 3.05) is 19.5 Å². The van der Waals surface area contributed by atoms with Gasteiger partial charge in [-0.2, -0.15) is 0 Å². The summed E-state index contributed by atoms with van der Waals surface area (Å²) in [6.45, 7) is -0.123. The summed E-state index contributed by atoms with van der Waals surface area (Å²) in [7, 11) is 1.30. The van der Waals surface area contributed by atoms with E-state index < -0.39 is 5.97 Å². The average Bonchev–Trinajstić information content (AvgIpc) is 2.16. The minimum Gasteiger partial charge on any atom is -0.480 e. The fourth-order valence-corrected chi connectivity index (χ4v) is 0.678. The lowest BCUT2D eigenvalue weighted by Crippen LogP contribution is -2.12. The van der Waals surface area contributed by atoms with Crippen LogP contribution in [0, 0.1) is 0 Å². The highest BCUT2D eigenvalue weighted by Crippen LogP contribution is 2.09. The van der Waals surface area contributed by atoms with Crippen LogP contribution in [0.2, 0.25) is 0 Å². The van der Waals surface area contributed by atoms with Gasteiger partial charge in [0.15, 0.2) is 6.61 Å². The maximum Gasteiger partial charge on any atom is 0.343 e. The molecule has 0 saturated carbocycles. The molecule has 0 aromatic carbocycles. The van der Waals surface area contributed by atoms with Crippen molar-refractivity contribution < 1.29 is 14.3 Å². The highest BCUT2D eigenvalue weighted by Gasteiger charge is 2.00. The van der Waals surface area contributed by atoms with Gasteiger partial charge in [0.1, 0.15) is 11.6 Å². The van der Waals surface area contributed by atoms with Crippen molar-refractivity contribution in [1.29, 1.82) is 0 Å². The smallest absolute Gasteiger partial charge is 0.343 e. The van der Waals surface area contributed by atoms with Crippen LogP contribution in [-0.2, 0) is 9.53 Å². The molecule has 1 rings (SSSR count). The van der Waals surface area contributed by atoms with Crippen molar-refractivity contribution in [3.8, 4) is 5.75 Å². The number of carbonyl (C=O) groups is 1. The first-order chi connectivity index (χ1) is 6.22. The number of anilines is 1. The van der Waals surface area contributed by atoms with E-state index in [9.17, 15) is 4.79 Å². The molecule has 0 aliphatic rings. The molecule has 0 fully saturated rings. The van der Waals surface area contributed by atoms with E-state index in [-0.39, 0.29) is 6.61 Å². The summed E-state index contributed by atoms with van der Waals surface area (Å²) < 4.78 is 9.41. The Bertz CT molecular complexity index is 284.